The van der Waals surface area contributed by atoms with E-state index in [1.807, 2.05) is 65.2 Å². The topological polar surface area (TPSA) is 36.9 Å². The summed E-state index contributed by atoms with van der Waals surface area (Å²) in [5, 5.41) is 1.53. The zero-order valence-corrected chi connectivity index (χ0v) is 43.2. The Hall–Kier alpha value is -7.33. The van der Waals surface area contributed by atoms with E-state index < -0.39 is 29.0 Å². The fraction of sp³-hybridized carbons (Fsp3) is 0.206. The quantitative estimate of drug-likeness (QED) is 0.156. The molecule has 0 saturated heterocycles. The van der Waals surface area contributed by atoms with Gasteiger partial charge < -0.3 is 0 Å². The van der Waals surface area contributed by atoms with Gasteiger partial charge in [0.25, 0.3) is 0 Å². The number of nitrogens with zero attached hydrogens (tertiary/aromatic N) is 4. The summed E-state index contributed by atoms with van der Waals surface area (Å²) in [6.45, 7) is 6.42. The first-order valence-electron chi connectivity index (χ1n) is 31.9. The average molecular weight is 1150 g/mol. The fourth-order valence-electron chi connectivity index (χ4n) is 13.3. The molecule has 0 radical (unpaired) electrons. The number of aryl methyl sites for hydroxylation is 2. The Bertz CT molecular complexity index is 4860. The summed E-state index contributed by atoms with van der Waals surface area (Å²) in [7, 11) is 0. The van der Waals surface area contributed by atoms with Gasteiger partial charge in [-0.05, 0) is 28.2 Å². The Labute approximate surface area is 461 Å². The molecule has 6 heteroatoms. The third kappa shape index (κ3) is 6.45. The fourth-order valence-corrected chi connectivity index (χ4v) is 14.4. The standard InChI is InChI=1S/C68H54N4O.Pt/c1-66(2,3)50-32-37-69-62(40-50)72-58-27-24-47(44-14-5-4-6-15-44)39-55(58)54-26-25-53(42-61(54)72)73-52-19-13-18-51(41-52)70-43-71(60-23-12-11-22-59(60)70)65-63-48(30-35-67(63)33-28-45-16-7-9-20-56(45)67)38-49-31-36-68(64(49)65)34-29-46-17-8-10-21-57(46)68;/h4-27,32,37-40H,28-31,33-36H2,1-3H3;/q-2;/i4D,5D,6D,7D,8D,9D,10D,14D,15D,16D,17D,20D,21D;. The third-order valence-corrected chi connectivity index (χ3v) is 17.6. The van der Waals surface area contributed by atoms with Crippen LogP contribution in [0.1, 0.15) is 114 Å². The third-order valence-electron chi connectivity index (χ3n) is 16.6. The molecule has 74 heavy (non-hydrogen) atoms. The van der Waals surface area contributed by atoms with Crippen molar-refractivity contribution < 1.29 is 41.9 Å². The van der Waals surface area contributed by atoms with Gasteiger partial charge in [0.2, 0.25) is 0 Å². The monoisotopic (exact) mass is 1150 g/mol. The zero-order valence-electron chi connectivity index (χ0n) is 53.9. The van der Waals surface area contributed by atoms with Crippen molar-refractivity contribution in [3.05, 3.63) is 242 Å². The number of benzene rings is 8. The normalized spacial score (nSPS) is 21.0. The van der Waals surface area contributed by atoms with E-state index in [1.165, 1.54) is 0 Å². The Kier molecular flexibility index (Phi) is 7.23. The second kappa shape index (κ2) is 16.3. The van der Waals surface area contributed by atoms with Crippen LogP contribution < -0.4 is 4.74 Å². The number of hydrogen-bond donors (Lipinski definition) is 0. The van der Waals surface area contributed by atoms with E-state index in [1.54, 1.807) is 12.3 Å². The van der Waals surface area contributed by atoms with Gasteiger partial charge >= 0.3 is 365 Å². The summed E-state index contributed by atoms with van der Waals surface area (Å²) in [5.41, 5.74) is 11.4. The van der Waals surface area contributed by atoms with Crippen molar-refractivity contribution in [1.29, 1.82) is 0 Å². The molecule has 4 aliphatic rings. The van der Waals surface area contributed by atoms with Gasteiger partial charge in [0.05, 0.1) is 6.85 Å². The van der Waals surface area contributed by atoms with Crippen molar-refractivity contribution in [3.63, 3.8) is 0 Å². The molecule has 364 valence electrons. The first kappa shape index (κ1) is 32.8. The predicted molar refractivity (Wildman–Crippen MR) is 294 cm³/mol. The van der Waals surface area contributed by atoms with Crippen molar-refractivity contribution in [1.82, 2.24) is 18.7 Å². The zero-order chi connectivity index (χ0) is 60.8. The molecule has 3 aromatic heterocycles. The number of hydrogen-bond acceptors (Lipinski definition) is 2. The van der Waals surface area contributed by atoms with Crippen LogP contribution in [0.25, 0.3) is 61.2 Å². The number of imidazole rings is 1. The predicted octanol–water partition coefficient (Wildman–Crippen LogP) is 15.7. The molecule has 0 amide bonds. The van der Waals surface area contributed by atoms with Crippen LogP contribution in [0.3, 0.4) is 0 Å². The van der Waals surface area contributed by atoms with Gasteiger partial charge in [-0.3, -0.25) is 0 Å². The van der Waals surface area contributed by atoms with Crippen LogP contribution in [-0.2, 0) is 61.3 Å². The summed E-state index contributed by atoms with van der Waals surface area (Å²) in [6, 6.07) is 33.9. The summed E-state index contributed by atoms with van der Waals surface area (Å²) >= 11 is 2.39. The number of aromatic nitrogens is 4. The summed E-state index contributed by atoms with van der Waals surface area (Å²) in [6.07, 6.45) is 6.59. The minimum atomic E-state index is -0.784. The second-order valence-electron chi connectivity index (χ2n) is 21.4. The van der Waals surface area contributed by atoms with E-state index in [0.29, 0.717) is 108 Å². The molecule has 2 spiro atoms. The Morgan fingerprint density at radius 2 is 1.20 bits per heavy atom. The van der Waals surface area contributed by atoms with Crippen LogP contribution in [0, 0.1) is 15.9 Å². The van der Waals surface area contributed by atoms with Gasteiger partial charge in [0.15, 0.2) is 0 Å². The molecule has 0 N–H and O–H groups in total. The van der Waals surface area contributed by atoms with Crippen LogP contribution in [0.4, 0.5) is 0 Å². The molecular formula is C68H54N4OPt-2. The number of pyridine rings is 1. The SMILES string of the molecule is [2H]c1c([2H])c([2H])c(-c2ccc3c(c2)c2ccc(Oc4[c-]c(-n5[c](=[Pt])n(-c6c7c(cc8c6C6(CC8)CCc8c([2H])c([2H])c([2H])c([2H])c86)CCC76CCc7c([2H])c([2H])c([2H])c([2H])c76)c6ccccc65)ccc4)[c-]c2n3-c2cc(C(C)(C)C)ccn2)c([2H])c1[2H]. The number of para-hydroxylation sites is 2. The van der Waals surface area contributed by atoms with Crippen molar-refractivity contribution in [3.8, 4) is 39.8 Å². The summed E-state index contributed by atoms with van der Waals surface area (Å²) < 4.78 is 130. The molecule has 4 aliphatic carbocycles. The van der Waals surface area contributed by atoms with E-state index in [9.17, 15) is 5.48 Å². The van der Waals surface area contributed by atoms with Gasteiger partial charge in [-0.15, -0.1) is 0 Å². The van der Waals surface area contributed by atoms with Crippen molar-refractivity contribution in [2.24, 2.45) is 0 Å². The first-order valence-corrected chi connectivity index (χ1v) is 26.5. The van der Waals surface area contributed by atoms with E-state index in [2.05, 4.69) is 85.7 Å². The van der Waals surface area contributed by atoms with Crippen LogP contribution in [0.2, 0.25) is 0 Å². The van der Waals surface area contributed by atoms with Crippen LogP contribution >= 0.6 is 0 Å². The van der Waals surface area contributed by atoms with E-state index in [-0.39, 0.29) is 71.4 Å². The Morgan fingerprint density at radius 1 is 0.568 bits per heavy atom. The molecule has 0 fully saturated rings. The molecule has 11 aromatic rings. The van der Waals surface area contributed by atoms with Crippen LogP contribution in [0.5, 0.6) is 11.5 Å². The summed E-state index contributed by atoms with van der Waals surface area (Å²) in [4.78, 5) is 4.88. The van der Waals surface area contributed by atoms with Gasteiger partial charge in [0.1, 0.15) is 0 Å². The summed E-state index contributed by atoms with van der Waals surface area (Å²) in [5.74, 6) is 1.42. The molecular weight excluding hydrogens is 1080 g/mol. The Morgan fingerprint density at radius 3 is 1.89 bits per heavy atom. The molecule has 8 aromatic carbocycles. The molecule has 0 saturated carbocycles. The second-order valence-corrected chi connectivity index (χ2v) is 22.4. The number of rotatable bonds is 6. The molecule has 5 nitrogen and oxygen atoms in total. The number of ether oxygens (including phenoxy) is 1. The maximum atomic E-state index is 9.59. The van der Waals surface area contributed by atoms with Crippen molar-refractivity contribution in [2.75, 3.05) is 0 Å². The minimum Gasteiger partial charge on any atom is -0.0617 e. The minimum absolute atomic E-state index is 0.000328. The molecule has 0 aliphatic heterocycles. The molecule has 2 atom stereocenters. The first-order chi connectivity index (χ1) is 41.6. The van der Waals surface area contributed by atoms with E-state index in [0.717, 1.165) is 64.6 Å². The molecule has 3 heterocycles. The Balaban J connectivity index is 0.916. The van der Waals surface area contributed by atoms with Crippen LogP contribution in [0.15, 0.2) is 176 Å². The molecule has 0 bridgehead atoms. The smallest absolute Gasteiger partial charge is 0.0617 e. The van der Waals surface area contributed by atoms with E-state index >= 15 is 0 Å². The average Bonchev–Trinajstić information content (AvgIpc) is 1.53. The van der Waals surface area contributed by atoms with Gasteiger partial charge in [0, 0.05) is 6.20 Å². The molecule has 15 rings (SSSR count). The van der Waals surface area contributed by atoms with Gasteiger partial charge in [-0.25, -0.2) is 0 Å². The van der Waals surface area contributed by atoms with Crippen molar-refractivity contribution >= 4 is 32.8 Å². The molecule has 2 unspecified atom stereocenters. The van der Waals surface area contributed by atoms with E-state index in [4.69, 9.17) is 22.1 Å². The van der Waals surface area contributed by atoms with Crippen LogP contribution in [-0.4, -0.2) is 18.7 Å². The van der Waals surface area contributed by atoms with Crippen molar-refractivity contribution in [2.45, 2.75) is 88.4 Å². The van der Waals surface area contributed by atoms with Gasteiger partial charge in [-0.2, -0.15) is 0 Å². The maximum absolute atomic E-state index is 9.59. The number of fused-ring (bicyclic) bond motifs is 12. The van der Waals surface area contributed by atoms with Gasteiger partial charge in [-0.1, -0.05) is 57.0 Å².